The van der Waals surface area contributed by atoms with Gasteiger partial charge in [0.15, 0.2) is 5.17 Å². The number of fused-ring (bicyclic) bond motifs is 1. The van der Waals surface area contributed by atoms with E-state index >= 15 is 0 Å². The van der Waals surface area contributed by atoms with E-state index in [1.165, 1.54) is 29.3 Å². The number of benzene rings is 1. The number of nitrogens with zero attached hydrogens (tertiary/aromatic N) is 2. The van der Waals surface area contributed by atoms with Gasteiger partial charge in [-0.15, -0.1) is 11.3 Å². The van der Waals surface area contributed by atoms with Crippen molar-refractivity contribution in [1.29, 1.82) is 0 Å². The van der Waals surface area contributed by atoms with E-state index in [2.05, 4.69) is 54.5 Å². The van der Waals surface area contributed by atoms with Crippen LogP contribution >= 0.6 is 23.1 Å². The van der Waals surface area contributed by atoms with Crippen molar-refractivity contribution in [2.75, 3.05) is 13.7 Å². The Hall–Kier alpha value is -2.84. The lowest BCUT2D eigenvalue weighted by molar-refractivity contribution is -0.136. The van der Waals surface area contributed by atoms with Crippen molar-refractivity contribution in [2.45, 2.75) is 45.6 Å². The fraction of sp³-hybridized carbons (Fsp3) is 0.346. The van der Waals surface area contributed by atoms with Crippen molar-refractivity contribution in [3.05, 3.63) is 80.2 Å². The number of amidine groups is 1. The molecule has 2 aromatic rings. The summed E-state index contributed by atoms with van der Waals surface area (Å²) in [5.41, 5.74) is 4.14. The number of hydrogen-bond acceptors (Lipinski definition) is 7. The third-order valence-corrected chi connectivity index (χ3v) is 7.77. The minimum atomic E-state index is -0.408. The molecule has 1 N–H and O–H groups in total. The molecule has 1 aromatic carbocycles. The summed E-state index contributed by atoms with van der Waals surface area (Å²) < 4.78 is 5.13. The van der Waals surface area contributed by atoms with Crippen LogP contribution in [-0.2, 0) is 20.7 Å². The minimum absolute atomic E-state index is 0.0514. The molecule has 0 bridgehead atoms. The Morgan fingerprint density at radius 2 is 1.97 bits per heavy atom. The first-order valence-corrected chi connectivity index (χ1v) is 13.1. The van der Waals surface area contributed by atoms with Gasteiger partial charge in [0, 0.05) is 17.1 Å². The zero-order valence-corrected chi connectivity index (χ0v) is 21.5. The van der Waals surface area contributed by atoms with E-state index in [0.717, 1.165) is 22.8 Å². The molecule has 0 spiro atoms. The number of hydrogen-bond donors (Lipinski definition) is 1. The summed E-state index contributed by atoms with van der Waals surface area (Å²) in [7, 11) is 1.39. The maximum Gasteiger partial charge on any atom is 0.338 e. The first kappa shape index (κ1) is 24.3. The quantitative estimate of drug-likeness (QED) is 0.499. The van der Waals surface area contributed by atoms with Crippen LogP contribution in [0.4, 0.5) is 0 Å². The number of carbonyl (C=O) groups excluding carboxylic acids is 2. The van der Waals surface area contributed by atoms with Gasteiger partial charge in [-0.05, 0) is 47.2 Å². The summed E-state index contributed by atoms with van der Waals surface area (Å²) in [6.07, 6.45) is 1.03. The second kappa shape index (κ2) is 10.6. The lowest BCUT2D eigenvalue weighted by Crippen LogP contribution is -2.38. The average Bonchev–Trinajstić information content (AvgIpc) is 3.48. The highest BCUT2D eigenvalue weighted by atomic mass is 32.2. The zero-order valence-electron chi connectivity index (χ0n) is 19.8. The molecule has 3 heterocycles. The van der Waals surface area contributed by atoms with Gasteiger partial charge in [0.2, 0.25) is 5.91 Å². The van der Waals surface area contributed by atoms with E-state index in [-0.39, 0.29) is 12.3 Å². The SMILES string of the molecule is COC(=O)C1=C(C)N=C2SC=C(CC(=O)NCCc3cccs3)N2C1c1ccc(C(C)C)cc1. The van der Waals surface area contributed by atoms with Gasteiger partial charge in [0.1, 0.15) is 0 Å². The fourth-order valence-electron chi connectivity index (χ4n) is 4.13. The Bertz CT molecular complexity index is 1150. The van der Waals surface area contributed by atoms with Crippen molar-refractivity contribution in [1.82, 2.24) is 10.2 Å². The van der Waals surface area contributed by atoms with Crippen LogP contribution in [0, 0.1) is 0 Å². The van der Waals surface area contributed by atoms with Crippen molar-refractivity contribution >= 4 is 40.1 Å². The van der Waals surface area contributed by atoms with Crippen LogP contribution in [-0.4, -0.2) is 35.6 Å². The van der Waals surface area contributed by atoms with Crippen LogP contribution in [0.2, 0.25) is 0 Å². The van der Waals surface area contributed by atoms with E-state index < -0.39 is 12.0 Å². The highest BCUT2D eigenvalue weighted by Crippen LogP contribution is 2.44. The number of ether oxygens (including phenoxy) is 1. The van der Waals surface area contributed by atoms with E-state index in [1.807, 2.05) is 28.7 Å². The number of rotatable bonds is 8. The van der Waals surface area contributed by atoms with Gasteiger partial charge in [-0.1, -0.05) is 55.9 Å². The van der Waals surface area contributed by atoms with Crippen LogP contribution in [0.5, 0.6) is 0 Å². The van der Waals surface area contributed by atoms with Crippen molar-refractivity contribution < 1.29 is 14.3 Å². The van der Waals surface area contributed by atoms with Gasteiger partial charge >= 0.3 is 5.97 Å². The summed E-state index contributed by atoms with van der Waals surface area (Å²) in [6.45, 7) is 6.73. The Morgan fingerprint density at radius 1 is 1.21 bits per heavy atom. The minimum Gasteiger partial charge on any atom is -0.466 e. The summed E-state index contributed by atoms with van der Waals surface area (Å²) in [6, 6.07) is 12.0. The molecule has 1 unspecified atom stereocenters. The molecule has 4 rings (SSSR count). The lowest BCUT2D eigenvalue weighted by atomic mass is 9.92. The van der Waals surface area contributed by atoms with Crippen molar-refractivity contribution in [3.8, 4) is 0 Å². The molecule has 0 saturated heterocycles. The second-order valence-corrected chi connectivity index (χ2v) is 10.4. The third kappa shape index (κ3) is 5.13. The molecule has 34 heavy (non-hydrogen) atoms. The van der Waals surface area contributed by atoms with Gasteiger partial charge < -0.3 is 15.0 Å². The Labute approximate surface area is 208 Å². The molecule has 0 radical (unpaired) electrons. The summed E-state index contributed by atoms with van der Waals surface area (Å²) in [4.78, 5) is 33.5. The number of amides is 1. The number of methoxy groups -OCH3 is 1. The lowest BCUT2D eigenvalue weighted by Gasteiger charge is -2.36. The molecule has 6 nitrogen and oxygen atoms in total. The number of aliphatic imine (C=N–C) groups is 1. The van der Waals surface area contributed by atoms with Gasteiger partial charge in [-0.3, -0.25) is 4.79 Å². The molecule has 8 heteroatoms. The van der Waals surface area contributed by atoms with E-state index in [0.29, 0.717) is 23.7 Å². The molecule has 0 fully saturated rings. The van der Waals surface area contributed by atoms with Crippen LogP contribution in [0.3, 0.4) is 0 Å². The Morgan fingerprint density at radius 3 is 2.62 bits per heavy atom. The largest absolute Gasteiger partial charge is 0.466 e. The van der Waals surface area contributed by atoms with Crippen LogP contribution in [0.25, 0.3) is 0 Å². The smallest absolute Gasteiger partial charge is 0.338 e. The highest BCUT2D eigenvalue weighted by Gasteiger charge is 2.40. The van der Waals surface area contributed by atoms with Gasteiger partial charge in [-0.25, -0.2) is 9.79 Å². The van der Waals surface area contributed by atoms with Gasteiger partial charge in [-0.2, -0.15) is 0 Å². The first-order chi connectivity index (χ1) is 16.4. The number of carbonyl (C=O) groups is 2. The number of esters is 1. The monoisotopic (exact) mass is 495 g/mol. The summed E-state index contributed by atoms with van der Waals surface area (Å²) >= 11 is 3.17. The normalized spacial score (nSPS) is 17.4. The molecular formula is C26H29N3O3S2. The second-order valence-electron chi connectivity index (χ2n) is 8.56. The average molecular weight is 496 g/mol. The topological polar surface area (TPSA) is 71.0 Å². The summed E-state index contributed by atoms with van der Waals surface area (Å²) in [5, 5.41) is 7.79. The van der Waals surface area contributed by atoms with E-state index in [4.69, 9.17) is 4.74 Å². The maximum absolute atomic E-state index is 12.8. The molecule has 2 aliphatic heterocycles. The zero-order chi connectivity index (χ0) is 24.2. The number of allylic oxidation sites excluding steroid dienone is 1. The Balaban J connectivity index is 1.57. The molecule has 0 aliphatic carbocycles. The highest BCUT2D eigenvalue weighted by molar-refractivity contribution is 8.16. The maximum atomic E-state index is 12.8. The molecule has 178 valence electrons. The van der Waals surface area contributed by atoms with Crippen LogP contribution in [0.1, 0.15) is 55.2 Å². The fourth-order valence-corrected chi connectivity index (χ4v) is 5.80. The third-order valence-electron chi connectivity index (χ3n) is 5.94. The predicted molar refractivity (Wildman–Crippen MR) is 139 cm³/mol. The van der Waals surface area contributed by atoms with E-state index in [1.54, 1.807) is 11.3 Å². The van der Waals surface area contributed by atoms with Gasteiger partial charge in [0.05, 0.1) is 30.8 Å². The van der Waals surface area contributed by atoms with E-state index in [9.17, 15) is 9.59 Å². The molecule has 2 aliphatic rings. The molecule has 1 amide bonds. The first-order valence-electron chi connectivity index (χ1n) is 11.3. The standard InChI is InChI=1S/C26H29N3O3S2/c1-16(2)18-7-9-19(10-8-18)24-23(25(31)32-4)17(3)28-26-29(24)20(15-34-26)14-22(30)27-12-11-21-6-5-13-33-21/h5-10,13,15-16,24H,11-12,14H2,1-4H3,(H,27,30). The van der Waals surface area contributed by atoms with Crippen molar-refractivity contribution in [2.24, 2.45) is 4.99 Å². The Kier molecular flexibility index (Phi) is 7.58. The molecular weight excluding hydrogens is 466 g/mol. The molecule has 0 saturated carbocycles. The van der Waals surface area contributed by atoms with Crippen molar-refractivity contribution in [3.63, 3.8) is 0 Å². The molecule has 1 atom stereocenters. The summed E-state index contributed by atoms with van der Waals surface area (Å²) in [5.74, 6) is -0.0510. The molecule has 1 aromatic heterocycles. The number of thiophene rings is 1. The number of nitrogens with one attached hydrogen (secondary N) is 1. The number of thioether (sulfide) groups is 1. The van der Waals surface area contributed by atoms with Crippen LogP contribution in [0.15, 0.2) is 69.1 Å². The predicted octanol–water partition coefficient (Wildman–Crippen LogP) is 5.37. The van der Waals surface area contributed by atoms with Gasteiger partial charge in [0.25, 0.3) is 0 Å². The van der Waals surface area contributed by atoms with Crippen LogP contribution < -0.4 is 5.32 Å².